The molecular formula is C11H24LiN. The summed E-state index contributed by atoms with van der Waals surface area (Å²) < 4.78 is 0. The zero-order valence-corrected chi connectivity index (χ0v) is 9.66. The van der Waals surface area contributed by atoms with Crippen molar-refractivity contribution in [1.29, 1.82) is 5.41 Å². The Balaban J connectivity index is -0.000000605. The Labute approximate surface area is 96.9 Å². The molecule has 0 aliphatic carbocycles. The Hall–Kier alpha value is 0.267. The monoisotopic (exact) mass is 177 g/mol. The smallest absolute Gasteiger partial charge is 1.00 e. The van der Waals surface area contributed by atoms with Crippen LogP contribution in [0.5, 0.6) is 0 Å². The molecular weight excluding hydrogens is 153 g/mol. The van der Waals surface area contributed by atoms with E-state index in [4.69, 9.17) is 5.41 Å². The molecule has 0 amide bonds. The van der Waals surface area contributed by atoms with E-state index in [1.807, 2.05) is 0 Å². The molecule has 0 radical (unpaired) electrons. The summed E-state index contributed by atoms with van der Waals surface area (Å²) in [6.45, 7) is 4.38. The van der Waals surface area contributed by atoms with E-state index in [1.54, 1.807) is 0 Å². The molecule has 2 heteroatoms. The Morgan fingerprint density at radius 3 is 2.08 bits per heavy atom. The maximum atomic E-state index is 7.57. The Kier molecular flexibility index (Phi) is 14.8. The minimum absolute atomic E-state index is 0. The summed E-state index contributed by atoms with van der Waals surface area (Å²) in [5.41, 5.74) is 0.953. The van der Waals surface area contributed by atoms with Gasteiger partial charge >= 0.3 is 18.9 Å². The van der Waals surface area contributed by atoms with E-state index >= 15 is 0 Å². The van der Waals surface area contributed by atoms with Crippen molar-refractivity contribution in [1.82, 2.24) is 0 Å². The third kappa shape index (κ3) is 12.3. The van der Waals surface area contributed by atoms with Crippen molar-refractivity contribution in [3.63, 3.8) is 0 Å². The maximum Gasteiger partial charge on any atom is 1.00 e. The first-order valence-corrected chi connectivity index (χ1v) is 5.37. The van der Waals surface area contributed by atoms with E-state index in [0.717, 1.165) is 25.0 Å². The van der Waals surface area contributed by atoms with Crippen LogP contribution in [-0.2, 0) is 0 Å². The molecule has 0 aromatic heterocycles. The molecule has 0 aromatic carbocycles. The van der Waals surface area contributed by atoms with Gasteiger partial charge in [0.15, 0.2) is 0 Å². The van der Waals surface area contributed by atoms with E-state index in [-0.39, 0.29) is 20.3 Å². The van der Waals surface area contributed by atoms with E-state index < -0.39 is 0 Å². The molecule has 0 saturated carbocycles. The molecule has 0 atom stereocenters. The van der Waals surface area contributed by atoms with E-state index in [0.29, 0.717) is 0 Å². The average Bonchev–Trinajstić information content (AvgIpc) is 2.05. The summed E-state index contributed by atoms with van der Waals surface area (Å²) in [7, 11) is 0. The zero-order valence-electron chi connectivity index (χ0n) is 10.7. The van der Waals surface area contributed by atoms with Crippen LogP contribution in [0.3, 0.4) is 0 Å². The number of hydrogen-bond donors (Lipinski definition) is 1. The zero-order chi connectivity index (χ0) is 9.23. The fourth-order valence-electron chi connectivity index (χ4n) is 1.37. The van der Waals surface area contributed by atoms with Gasteiger partial charge in [-0.25, -0.2) is 0 Å². The standard InChI is InChI=1S/C11H23N.Li.H/c1-3-5-6-7-8-10-11(12)9-4-2;;/h12H,3-10H2,1-2H3;;/q;+1;-1. The first kappa shape index (κ1) is 15.7. The van der Waals surface area contributed by atoms with E-state index in [9.17, 15) is 0 Å². The first-order chi connectivity index (χ1) is 5.81. The minimum atomic E-state index is 0. The minimum Gasteiger partial charge on any atom is -1.00 e. The summed E-state index contributed by atoms with van der Waals surface area (Å²) in [6.07, 6.45) is 9.77. The van der Waals surface area contributed by atoms with Crippen LogP contribution in [0.1, 0.15) is 66.6 Å². The molecule has 74 valence electrons. The van der Waals surface area contributed by atoms with E-state index in [1.165, 1.54) is 32.1 Å². The number of unbranched alkanes of at least 4 members (excludes halogenated alkanes) is 4. The fraction of sp³-hybridized carbons (Fsp3) is 0.909. The molecule has 0 fully saturated rings. The molecule has 0 heterocycles. The van der Waals surface area contributed by atoms with Crippen molar-refractivity contribution >= 4 is 5.71 Å². The van der Waals surface area contributed by atoms with Crippen LogP contribution >= 0.6 is 0 Å². The summed E-state index contributed by atoms with van der Waals surface area (Å²) in [5, 5.41) is 7.57. The molecule has 0 aromatic rings. The van der Waals surface area contributed by atoms with Crippen LogP contribution < -0.4 is 18.9 Å². The topological polar surface area (TPSA) is 23.9 Å². The summed E-state index contributed by atoms with van der Waals surface area (Å²) in [5.74, 6) is 0. The van der Waals surface area contributed by atoms with Crippen molar-refractivity contribution < 1.29 is 20.3 Å². The summed E-state index contributed by atoms with van der Waals surface area (Å²) in [4.78, 5) is 0. The number of nitrogens with one attached hydrogen (secondary N) is 1. The van der Waals surface area contributed by atoms with Crippen molar-refractivity contribution in [2.45, 2.75) is 65.2 Å². The second-order valence-corrected chi connectivity index (χ2v) is 3.52. The van der Waals surface area contributed by atoms with Gasteiger partial charge in [-0.2, -0.15) is 0 Å². The summed E-state index contributed by atoms with van der Waals surface area (Å²) >= 11 is 0. The molecule has 0 rings (SSSR count). The van der Waals surface area contributed by atoms with Gasteiger partial charge in [0.1, 0.15) is 0 Å². The van der Waals surface area contributed by atoms with Crippen LogP contribution in [0.15, 0.2) is 0 Å². The molecule has 0 spiro atoms. The molecule has 0 saturated heterocycles. The normalized spacial score (nSPS) is 9.38. The van der Waals surface area contributed by atoms with Gasteiger partial charge in [0.25, 0.3) is 0 Å². The molecule has 1 nitrogen and oxygen atoms in total. The fourth-order valence-corrected chi connectivity index (χ4v) is 1.37. The number of hydrogen-bond acceptors (Lipinski definition) is 1. The maximum absolute atomic E-state index is 7.57. The van der Waals surface area contributed by atoms with Crippen molar-refractivity contribution in [2.24, 2.45) is 0 Å². The van der Waals surface area contributed by atoms with Crippen molar-refractivity contribution in [2.75, 3.05) is 0 Å². The first-order valence-electron chi connectivity index (χ1n) is 5.37. The Morgan fingerprint density at radius 1 is 0.923 bits per heavy atom. The second kappa shape index (κ2) is 12.3. The predicted octanol–water partition coefficient (Wildman–Crippen LogP) is 1.28. The van der Waals surface area contributed by atoms with Gasteiger partial charge < -0.3 is 6.84 Å². The average molecular weight is 177 g/mol. The van der Waals surface area contributed by atoms with Gasteiger partial charge in [-0.1, -0.05) is 46.0 Å². The van der Waals surface area contributed by atoms with Gasteiger partial charge in [-0.15, -0.1) is 0 Å². The van der Waals surface area contributed by atoms with Crippen molar-refractivity contribution in [3.8, 4) is 0 Å². The van der Waals surface area contributed by atoms with Gasteiger partial charge in [0, 0.05) is 5.71 Å². The van der Waals surface area contributed by atoms with Crippen LogP contribution in [-0.4, -0.2) is 5.71 Å². The molecule has 13 heavy (non-hydrogen) atoms. The van der Waals surface area contributed by atoms with Gasteiger partial charge in [-0.05, 0) is 19.3 Å². The Morgan fingerprint density at radius 2 is 1.54 bits per heavy atom. The SMILES string of the molecule is CCCCCCCC(=N)CCC.[H-].[Li+]. The van der Waals surface area contributed by atoms with Gasteiger partial charge in [-0.3, -0.25) is 0 Å². The molecule has 1 N–H and O–H groups in total. The van der Waals surface area contributed by atoms with Crippen LogP contribution in [0.4, 0.5) is 0 Å². The Bertz CT molecular complexity index is 118. The van der Waals surface area contributed by atoms with Crippen LogP contribution in [0.25, 0.3) is 0 Å². The van der Waals surface area contributed by atoms with Gasteiger partial charge in [0.05, 0.1) is 0 Å². The predicted molar refractivity (Wildman–Crippen MR) is 57.1 cm³/mol. The van der Waals surface area contributed by atoms with Crippen molar-refractivity contribution in [3.05, 3.63) is 0 Å². The largest absolute Gasteiger partial charge is 1.00 e. The quantitative estimate of drug-likeness (QED) is 0.328. The second-order valence-electron chi connectivity index (χ2n) is 3.52. The van der Waals surface area contributed by atoms with E-state index in [2.05, 4.69) is 13.8 Å². The van der Waals surface area contributed by atoms with Crippen LogP contribution in [0, 0.1) is 5.41 Å². The molecule has 0 bridgehead atoms. The van der Waals surface area contributed by atoms with Gasteiger partial charge in [0.2, 0.25) is 0 Å². The summed E-state index contributed by atoms with van der Waals surface area (Å²) in [6, 6.07) is 0. The third-order valence-electron chi connectivity index (χ3n) is 2.13. The molecule has 0 aliphatic rings. The number of rotatable bonds is 8. The van der Waals surface area contributed by atoms with Crippen LogP contribution in [0.2, 0.25) is 0 Å². The third-order valence-corrected chi connectivity index (χ3v) is 2.13. The molecule has 0 aliphatic heterocycles. The molecule has 0 unspecified atom stereocenters.